The summed E-state index contributed by atoms with van der Waals surface area (Å²) < 4.78 is 0. The molecule has 0 unspecified atom stereocenters. The van der Waals surface area contributed by atoms with Crippen LogP contribution in [-0.4, -0.2) is 55.8 Å². The SMILES string of the molecule is CN(CC(=O)N[C@H]1CCCc2ccccc21)CC(=O)N(C)C. The third kappa shape index (κ3) is 4.31. The second-order valence-electron chi connectivity index (χ2n) is 6.17. The third-order valence-electron chi connectivity index (χ3n) is 4.02. The molecule has 0 bridgehead atoms. The molecule has 0 saturated carbocycles. The van der Waals surface area contributed by atoms with Gasteiger partial charge >= 0.3 is 0 Å². The normalized spacial score (nSPS) is 17.0. The number of benzene rings is 1. The summed E-state index contributed by atoms with van der Waals surface area (Å²) in [5.41, 5.74) is 2.56. The minimum absolute atomic E-state index is 0.00156. The number of likely N-dealkylation sites (N-methyl/N-ethyl adjacent to an activating group) is 2. The van der Waals surface area contributed by atoms with Gasteiger partial charge in [0.15, 0.2) is 0 Å². The van der Waals surface area contributed by atoms with Gasteiger partial charge < -0.3 is 10.2 Å². The summed E-state index contributed by atoms with van der Waals surface area (Å²) in [6, 6.07) is 8.39. The summed E-state index contributed by atoms with van der Waals surface area (Å²) >= 11 is 0. The Bertz CT molecular complexity index is 542. The van der Waals surface area contributed by atoms with Crippen LogP contribution in [0.2, 0.25) is 0 Å². The van der Waals surface area contributed by atoms with Gasteiger partial charge in [-0.15, -0.1) is 0 Å². The lowest BCUT2D eigenvalue weighted by molar-refractivity contribution is -0.130. The first-order valence-electron chi connectivity index (χ1n) is 7.73. The molecule has 1 aliphatic carbocycles. The lowest BCUT2D eigenvalue weighted by Gasteiger charge is -2.27. The van der Waals surface area contributed by atoms with Gasteiger partial charge in [-0.25, -0.2) is 0 Å². The van der Waals surface area contributed by atoms with Gasteiger partial charge in [-0.2, -0.15) is 0 Å². The van der Waals surface area contributed by atoms with Crippen molar-refractivity contribution >= 4 is 11.8 Å². The van der Waals surface area contributed by atoms with E-state index in [9.17, 15) is 9.59 Å². The van der Waals surface area contributed by atoms with Gasteiger partial charge in [0, 0.05) is 14.1 Å². The molecule has 1 aromatic carbocycles. The molecule has 2 rings (SSSR count). The molecule has 22 heavy (non-hydrogen) atoms. The minimum atomic E-state index is -0.0317. The zero-order valence-electron chi connectivity index (χ0n) is 13.6. The van der Waals surface area contributed by atoms with Crippen molar-refractivity contribution in [1.29, 1.82) is 0 Å². The molecule has 0 spiro atoms. The minimum Gasteiger partial charge on any atom is -0.348 e. The van der Waals surface area contributed by atoms with Crippen molar-refractivity contribution in [2.75, 3.05) is 34.2 Å². The monoisotopic (exact) mass is 303 g/mol. The number of aryl methyl sites for hydroxylation is 1. The lowest BCUT2D eigenvalue weighted by atomic mass is 9.88. The summed E-state index contributed by atoms with van der Waals surface area (Å²) in [6.07, 6.45) is 3.15. The zero-order valence-corrected chi connectivity index (χ0v) is 13.6. The first-order valence-corrected chi connectivity index (χ1v) is 7.73. The molecule has 5 heteroatoms. The van der Waals surface area contributed by atoms with Gasteiger partial charge in [-0.05, 0) is 37.4 Å². The average Bonchev–Trinajstić information content (AvgIpc) is 2.47. The van der Waals surface area contributed by atoms with E-state index in [4.69, 9.17) is 0 Å². The summed E-state index contributed by atoms with van der Waals surface area (Å²) in [6.45, 7) is 0.486. The van der Waals surface area contributed by atoms with Gasteiger partial charge in [-0.3, -0.25) is 14.5 Å². The standard InChI is InChI=1S/C17H25N3O2/c1-19(2)17(22)12-20(3)11-16(21)18-15-10-6-8-13-7-4-5-9-14(13)15/h4-5,7,9,15H,6,8,10-12H2,1-3H3,(H,18,21)/t15-/m0/s1. The summed E-state index contributed by atoms with van der Waals surface area (Å²) in [4.78, 5) is 27.1. The first kappa shape index (κ1) is 16.5. The summed E-state index contributed by atoms with van der Waals surface area (Å²) in [5, 5.41) is 3.10. The van der Waals surface area contributed by atoms with Crippen LogP contribution in [0.3, 0.4) is 0 Å². The topological polar surface area (TPSA) is 52.7 Å². The van der Waals surface area contributed by atoms with Crippen LogP contribution in [0.25, 0.3) is 0 Å². The Morgan fingerprint density at radius 2 is 1.91 bits per heavy atom. The molecule has 0 fully saturated rings. The summed E-state index contributed by atoms with van der Waals surface area (Å²) in [5.74, 6) is -0.0333. The Morgan fingerprint density at radius 1 is 1.18 bits per heavy atom. The largest absolute Gasteiger partial charge is 0.348 e. The van der Waals surface area contributed by atoms with Gasteiger partial charge in [0.1, 0.15) is 0 Å². The quantitative estimate of drug-likeness (QED) is 0.889. The van der Waals surface area contributed by atoms with Gasteiger partial charge in [-0.1, -0.05) is 24.3 Å². The number of rotatable bonds is 5. The van der Waals surface area contributed by atoms with E-state index in [1.165, 1.54) is 16.0 Å². The van der Waals surface area contributed by atoms with Crippen molar-refractivity contribution in [2.45, 2.75) is 25.3 Å². The fraction of sp³-hybridized carbons (Fsp3) is 0.529. The van der Waals surface area contributed by atoms with E-state index >= 15 is 0 Å². The molecule has 1 N–H and O–H groups in total. The molecule has 5 nitrogen and oxygen atoms in total. The van der Waals surface area contributed by atoms with Crippen molar-refractivity contribution in [1.82, 2.24) is 15.1 Å². The molecular weight excluding hydrogens is 278 g/mol. The number of hydrogen-bond donors (Lipinski definition) is 1. The Kier molecular flexibility index (Phi) is 5.55. The maximum Gasteiger partial charge on any atom is 0.236 e. The van der Waals surface area contributed by atoms with Crippen LogP contribution in [-0.2, 0) is 16.0 Å². The fourth-order valence-electron chi connectivity index (χ4n) is 2.82. The Balaban J connectivity index is 1.89. The van der Waals surface area contributed by atoms with E-state index < -0.39 is 0 Å². The number of nitrogens with one attached hydrogen (secondary N) is 1. The maximum absolute atomic E-state index is 12.2. The average molecular weight is 303 g/mol. The van der Waals surface area contributed by atoms with Crippen LogP contribution in [0.1, 0.15) is 30.0 Å². The fourth-order valence-corrected chi connectivity index (χ4v) is 2.82. The highest BCUT2D eigenvalue weighted by molar-refractivity contribution is 5.81. The van der Waals surface area contributed by atoms with E-state index in [2.05, 4.69) is 17.4 Å². The van der Waals surface area contributed by atoms with Crippen molar-refractivity contribution in [3.8, 4) is 0 Å². The molecule has 0 radical (unpaired) electrons. The molecule has 1 aromatic rings. The predicted molar refractivity (Wildman–Crippen MR) is 86.5 cm³/mol. The number of nitrogens with zero attached hydrogens (tertiary/aromatic N) is 2. The predicted octanol–water partition coefficient (Wildman–Crippen LogP) is 1.20. The van der Waals surface area contributed by atoms with Crippen LogP contribution in [0.5, 0.6) is 0 Å². The lowest BCUT2D eigenvalue weighted by Crippen LogP contribution is -2.42. The van der Waals surface area contributed by atoms with E-state index in [1.807, 2.05) is 12.1 Å². The molecule has 0 aliphatic heterocycles. The zero-order chi connectivity index (χ0) is 16.1. The Labute approximate surface area is 132 Å². The number of carbonyl (C=O) groups is 2. The first-order chi connectivity index (χ1) is 10.5. The Morgan fingerprint density at radius 3 is 2.64 bits per heavy atom. The van der Waals surface area contributed by atoms with Crippen LogP contribution in [0.15, 0.2) is 24.3 Å². The molecular formula is C17H25N3O2. The number of carbonyl (C=O) groups excluding carboxylic acids is 2. The van der Waals surface area contributed by atoms with Crippen LogP contribution in [0, 0.1) is 0 Å². The highest BCUT2D eigenvalue weighted by atomic mass is 16.2. The Hall–Kier alpha value is -1.88. The number of fused-ring (bicyclic) bond motifs is 1. The van der Waals surface area contributed by atoms with Crippen LogP contribution < -0.4 is 5.32 Å². The third-order valence-corrected chi connectivity index (χ3v) is 4.02. The number of amides is 2. The van der Waals surface area contributed by atoms with Crippen molar-refractivity contribution in [3.63, 3.8) is 0 Å². The molecule has 120 valence electrons. The van der Waals surface area contributed by atoms with Gasteiger partial charge in [0.25, 0.3) is 0 Å². The highest BCUT2D eigenvalue weighted by Crippen LogP contribution is 2.29. The van der Waals surface area contributed by atoms with Crippen LogP contribution in [0.4, 0.5) is 0 Å². The maximum atomic E-state index is 12.2. The van der Waals surface area contributed by atoms with Crippen molar-refractivity contribution in [3.05, 3.63) is 35.4 Å². The van der Waals surface area contributed by atoms with E-state index in [-0.39, 0.29) is 30.9 Å². The van der Waals surface area contributed by atoms with Crippen molar-refractivity contribution in [2.24, 2.45) is 0 Å². The second kappa shape index (κ2) is 7.40. The smallest absolute Gasteiger partial charge is 0.236 e. The van der Waals surface area contributed by atoms with E-state index in [0.29, 0.717) is 0 Å². The molecule has 0 heterocycles. The second-order valence-corrected chi connectivity index (χ2v) is 6.17. The van der Waals surface area contributed by atoms with E-state index in [0.717, 1.165) is 19.3 Å². The summed E-state index contributed by atoms with van der Waals surface area (Å²) in [7, 11) is 5.22. The molecule has 1 atom stereocenters. The molecule has 2 amide bonds. The van der Waals surface area contributed by atoms with Crippen molar-refractivity contribution < 1.29 is 9.59 Å². The van der Waals surface area contributed by atoms with E-state index in [1.54, 1.807) is 26.0 Å². The van der Waals surface area contributed by atoms with Crippen LogP contribution >= 0.6 is 0 Å². The highest BCUT2D eigenvalue weighted by Gasteiger charge is 2.22. The number of hydrogen-bond acceptors (Lipinski definition) is 3. The van der Waals surface area contributed by atoms with Gasteiger partial charge in [0.2, 0.25) is 11.8 Å². The van der Waals surface area contributed by atoms with Gasteiger partial charge in [0.05, 0.1) is 19.1 Å². The molecule has 1 aliphatic rings. The molecule has 0 aromatic heterocycles. The molecule has 0 saturated heterocycles.